The quantitative estimate of drug-likeness (QED) is 0.816. The fourth-order valence-electron chi connectivity index (χ4n) is 2.46. The number of hydrogen-bond donors (Lipinski definition) is 1. The molecule has 96 valence electrons. The fraction of sp³-hybridized carbons (Fsp3) is 0.455. The maximum Gasteiger partial charge on any atom is 0.158 e. The highest BCUT2D eigenvalue weighted by Gasteiger charge is 2.28. The highest BCUT2D eigenvalue weighted by molar-refractivity contribution is 7.91. The van der Waals surface area contributed by atoms with Crippen molar-refractivity contribution >= 4 is 21.2 Å². The molecule has 2 aromatic heterocycles. The number of nitrogens with zero attached hydrogens (tertiary/aromatic N) is 3. The topological polar surface area (TPSA) is 90.3 Å². The van der Waals surface area contributed by atoms with E-state index in [0.29, 0.717) is 23.5 Å². The van der Waals surface area contributed by atoms with Gasteiger partial charge in [-0.05, 0) is 12.8 Å². The summed E-state index contributed by atoms with van der Waals surface area (Å²) >= 11 is 0. The van der Waals surface area contributed by atoms with Crippen molar-refractivity contribution in [2.75, 3.05) is 17.2 Å². The molecule has 0 saturated carbocycles. The van der Waals surface area contributed by atoms with E-state index in [4.69, 9.17) is 5.73 Å². The highest BCUT2D eigenvalue weighted by Crippen LogP contribution is 2.30. The van der Waals surface area contributed by atoms with Gasteiger partial charge < -0.3 is 5.73 Å². The zero-order valence-electron chi connectivity index (χ0n) is 9.78. The fourth-order valence-corrected chi connectivity index (χ4v) is 4.20. The molecule has 3 heterocycles. The Kier molecular flexibility index (Phi) is 2.51. The van der Waals surface area contributed by atoms with E-state index in [1.165, 1.54) is 0 Å². The number of anilines is 1. The van der Waals surface area contributed by atoms with Crippen molar-refractivity contribution in [2.24, 2.45) is 0 Å². The van der Waals surface area contributed by atoms with Gasteiger partial charge in [-0.25, -0.2) is 17.9 Å². The number of hydrogen-bond acceptors (Lipinski definition) is 5. The molecule has 2 aromatic rings. The van der Waals surface area contributed by atoms with Gasteiger partial charge in [-0.3, -0.25) is 0 Å². The molecule has 1 unspecified atom stereocenters. The lowest BCUT2D eigenvalue weighted by Crippen LogP contribution is -2.23. The summed E-state index contributed by atoms with van der Waals surface area (Å²) in [5, 5.41) is 4.18. The molecular formula is C11H14N4O2S. The van der Waals surface area contributed by atoms with E-state index >= 15 is 0 Å². The minimum Gasteiger partial charge on any atom is -0.396 e. The molecule has 1 fully saturated rings. The van der Waals surface area contributed by atoms with Gasteiger partial charge in [0.25, 0.3) is 0 Å². The Labute approximate surface area is 105 Å². The molecule has 0 spiro atoms. The molecular weight excluding hydrogens is 252 g/mol. The summed E-state index contributed by atoms with van der Waals surface area (Å²) in [6, 6.07) is 0. The smallest absolute Gasteiger partial charge is 0.158 e. The lowest BCUT2D eigenvalue weighted by molar-refractivity contribution is 0.555. The van der Waals surface area contributed by atoms with Gasteiger partial charge >= 0.3 is 0 Å². The lowest BCUT2D eigenvalue weighted by Gasteiger charge is -2.20. The molecule has 0 aromatic carbocycles. The summed E-state index contributed by atoms with van der Waals surface area (Å²) < 4.78 is 25.0. The molecule has 1 aliphatic rings. The monoisotopic (exact) mass is 266 g/mol. The van der Waals surface area contributed by atoms with Crippen LogP contribution in [-0.2, 0) is 9.84 Å². The van der Waals surface area contributed by atoms with Gasteiger partial charge in [-0.15, -0.1) is 0 Å². The van der Waals surface area contributed by atoms with Gasteiger partial charge in [0.1, 0.15) is 0 Å². The first kappa shape index (κ1) is 11.5. The van der Waals surface area contributed by atoms with Crippen LogP contribution in [0, 0.1) is 0 Å². The van der Waals surface area contributed by atoms with E-state index in [-0.39, 0.29) is 11.7 Å². The molecule has 6 nitrogen and oxygen atoms in total. The summed E-state index contributed by atoms with van der Waals surface area (Å²) in [5.41, 5.74) is 7.77. The first-order valence-electron chi connectivity index (χ1n) is 5.84. The van der Waals surface area contributed by atoms with Crippen LogP contribution >= 0.6 is 0 Å². The minimum absolute atomic E-state index is 0.00243. The normalized spacial score (nSPS) is 23.2. The first-order chi connectivity index (χ1) is 8.55. The van der Waals surface area contributed by atoms with Crippen LogP contribution in [-0.4, -0.2) is 34.5 Å². The van der Waals surface area contributed by atoms with E-state index in [0.717, 1.165) is 12.0 Å². The van der Waals surface area contributed by atoms with Crippen LogP contribution in [0.3, 0.4) is 0 Å². The minimum atomic E-state index is -2.92. The average molecular weight is 266 g/mol. The number of nitrogens with two attached hydrogens (primary N) is 1. The molecule has 0 amide bonds. The van der Waals surface area contributed by atoms with Crippen molar-refractivity contribution < 1.29 is 8.42 Å². The van der Waals surface area contributed by atoms with Gasteiger partial charge in [-0.2, -0.15) is 5.10 Å². The Morgan fingerprint density at radius 3 is 3.00 bits per heavy atom. The number of nitrogen functional groups attached to an aromatic ring is 1. The summed E-state index contributed by atoms with van der Waals surface area (Å²) in [6.45, 7) is 0. The van der Waals surface area contributed by atoms with Crippen LogP contribution in [0.5, 0.6) is 0 Å². The van der Waals surface area contributed by atoms with Crippen molar-refractivity contribution in [3.05, 3.63) is 24.2 Å². The zero-order valence-corrected chi connectivity index (χ0v) is 10.6. The van der Waals surface area contributed by atoms with E-state index in [1.807, 2.05) is 0 Å². The van der Waals surface area contributed by atoms with Crippen LogP contribution in [0.15, 0.2) is 18.6 Å². The Bertz CT molecular complexity index is 692. The number of fused-ring (bicyclic) bond motifs is 1. The molecule has 0 bridgehead atoms. The van der Waals surface area contributed by atoms with Crippen molar-refractivity contribution in [2.45, 2.75) is 18.8 Å². The predicted molar refractivity (Wildman–Crippen MR) is 68.0 cm³/mol. The van der Waals surface area contributed by atoms with Crippen LogP contribution < -0.4 is 5.73 Å². The Balaban J connectivity index is 2.04. The summed E-state index contributed by atoms with van der Waals surface area (Å²) in [4.78, 5) is 4.24. The molecule has 1 aliphatic heterocycles. The van der Waals surface area contributed by atoms with Gasteiger partial charge in [0.05, 0.1) is 35.8 Å². The second-order valence-corrected chi connectivity index (χ2v) is 6.94. The van der Waals surface area contributed by atoms with E-state index in [2.05, 4.69) is 10.1 Å². The molecule has 0 radical (unpaired) electrons. The average Bonchev–Trinajstić information content (AvgIpc) is 2.70. The van der Waals surface area contributed by atoms with Crippen LogP contribution in [0.25, 0.3) is 5.65 Å². The van der Waals surface area contributed by atoms with Crippen LogP contribution in [0.1, 0.15) is 24.3 Å². The van der Waals surface area contributed by atoms with Crippen LogP contribution in [0.4, 0.5) is 5.69 Å². The predicted octanol–water partition coefficient (Wildman–Crippen LogP) is 0.604. The summed E-state index contributed by atoms with van der Waals surface area (Å²) in [7, 11) is -2.92. The van der Waals surface area contributed by atoms with Crippen molar-refractivity contribution in [3.63, 3.8) is 0 Å². The second kappa shape index (κ2) is 3.94. The standard InChI is InChI=1S/C11H14N4O2S/c12-9-4-13-11-10(5-14-15(11)6-9)8-2-1-3-18(16,17)7-8/h4-6,8H,1-3,7,12H2. The third kappa shape index (κ3) is 1.94. The summed E-state index contributed by atoms with van der Waals surface area (Å²) in [5.74, 6) is 0.487. The maximum absolute atomic E-state index is 11.7. The van der Waals surface area contributed by atoms with Gasteiger partial charge in [0.2, 0.25) is 0 Å². The van der Waals surface area contributed by atoms with Crippen molar-refractivity contribution in [1.82, 2.24) is 14.6 Å². The van der Waals surface area contributed by atoms with Gasteiger partial charge in [0.15, 0.2) is 15.5 Å². The number of rotatable bonds is 1. The van der Waals surface area contributed by atoms with Crippen molar-refractivity contribution in [1.29, 1.82) is 0 Å². The Morgan fingerprint density at radius 2 is 2.22 bits per heavy atom. The largest absolute Gasteiger partial charge is 0.396 e. The van der Waals surface area contributed by atoms with Gasteiger partial charge in [-0.1, -0.05) is 0 Å². The number of aromatic nitrogens is 3. The van der Waals surface area contributed by atoms with E-state index < -0.39 is 9.84 Å². The molecule has 3 rings (SSSR count). The Hall–Kier alpha value is -1.63. The summed E-state index contributed by atoms with van der Waals surface area (Å²) in [6.07, 6.45) is 6.53. The van der Waals surface area contributed by atoms with Gasteiger partial charge in [0, 0.05) is 11.5 Å². The molecule has 1 saturated heterocycles. The second-order valence-electron chi connectivity index (χ2n) is 4.71. The molecule has 2 N–H and O–H groups in total. The first-order valence-corrected chi connectivity index (χ1v) is 7.66. The van der Waals surface area contributed by atoms with Crippen LogP contribution in [0.2, 0.25) is 0 Å². The maximum atomic E-state index is 11.7. The SMILES string of the molecule is Nc1cnc2c(C3CCCS(=O)(=O)C3)cnn2c1. The molecule has 1 atom stereocenters. The third-order valence-electron chi connectivity index (χ3n) is 3.31. The highest BCUT2D eigenvalue weighted by atomic mass is 32.2. The Morgan fingerprint density at radius 1 is 1.39 bits per heavy atom. The molecule has 7 heteroatoms. The number of sulfone groups is 1. The van der Waals surface area contributed by atoms with E-state index in [1.54, 1.807) is 23.1 Å². The lowest BCUT2D eigenvalue weighted by atomic mass is 9.98. The zero-order chi connectivity index (χ0) is 12.8. The molecule has 0 aliphatic carbocycles. The van der Waals surface area contributed by atoms with Crippen molar-refractivity contribution in [3.8, 4) is 0 Å². The molecule has 18 heavy (non-hydrogen) atoms. The third-order valence-corrected chi connectivity index (χ3v) is 5.13. The van der Waals surface area contributed by atoms with E-state index in [9.17, 15) is 8.42 Å².